The van der Waals surface area contributed by atoms with Crippen molar-refractivity contribution in [2.24, 2.45) is 11.8 Å². The molecule has 2 rings (SSSR count). The third kappa shape index (κ3) is 2.58. The van der Waals surface area contributed by atoms with Crippen LogP contribution in [0.4, 0.5) is 0 Å². The fraction of sp³-hybridized carbons (Fsp3) is 0.462. The zero-order chi connectivity index (χ0) is 10.7. The predicted molar refractivity (Wildman–Crippen MR) is 58.6 cm³/mol. The van der Waals surface area contributed by atoms with E-state index in [1.807, 2.05) is 18.2 Å². The summed E-state index contributed by atoms with van der Waals surface area (Å²) in [5.41, 5.74) is 0.643. The number of carbonyl (C=O) groups is 1. The summed E-state index contributed by atoms with van der Waals surface area (Å²) in [5, 5.41) is 0. The molecule has 0 aromatic heterocycles. The molecule has 1 aliphatic carbocycles. The summed E-state index contributed by atoms with van der Waals surface area (Å²) in [7, 11) is 0. The molecule has 1 aromatic rings. The molecule has 0 bridgehead atoms. The van der Waals surface area contributed by atoms with E-state index < -0.39 is 0 Å². The Morgan fingerprint density at radius 1 is 1.33 bits per heavy atom. The molecule has 0 atom stereocenters. The average Bonchev–Trinajstić information content (AvgIpc) is 2.23. The van der Waals surface area contributed by atoms with Crippen LogP contribution in [0.25, 0.3) is 0 Å². The van der Waals surface area contributed by atoms with E-state index >= 15 is 0 Å². The summed E-state index contributed by atoms with van der Waals surface area (Å²) in [6, 6.07) is 9.16. The minimum atomic E-state index is -0.199. The van der Waals surface area contributed by atoms with Crippen LogP contribution >= 0.6 is 0 Å². The Bertz CT molecular complexity index is 326. The lowest BCUT2D eigenvalue weighted by molar-refractivity contribution is 0.0304. The summed E-state index contributed by atoms with van der Waals surface area (Å²) in [4.78, 5) is 11.5. The van der Waals surface area contributed by atoms with Crippen LogP contribution in [-0.4, -0.2) is 12.6 Å². The summed E-state index contributed by atoms with van der Waals surface area (Å²) in [5.74, 6) is 1.20. The van der Waals surface area contributed by atoms with Crippen molar-refractivity contribution in [3.8, 4) is 0 Å². The summed E-state index contributed by atoms with van der Waals surface area (Å²) in [6.07, 6.45) is 2.39. The normalized spacial score (nSPS) is 24.3. The van der Waals surface area contributed by atoms with E-state index in [9.17, 15) is 4.79 Å². The monoisotopic (exact) mass is 204 g/mol. The Hall–Kier alpha value is -1.31. The molecule has 2 heteroatoms. The first kappa shape index (κ1) is 10.2. The van der Waals surface area contributed by atoms with E-state index in [0.717, 1.165) is 5.92 Å². The quantitative estimate of drug-likeness (QED) is 0.708. The number of ether oxygens (including phenoxy) is 1. The highest BCUT2D eigenvalue weighted by Crippen LogP contribution is 2.33. The van der Waals surface area contributed by atoms with Gasteiger partial charge in [-0.15, -0.1) is 0 Å². The first-order valence-electron chi connectivity index (χ1n) is 5.48. The SMILES string of the molecule is CC1CC(COC(=O)c2ccccc2)C1. The van der Waals surface area contributed by atoms with E-state index in [0.29, 0.717) is 18.1 Å². The lowest BCUT2D eigenvalue weighted by Gasteiger charge is -2.31. The van der Waals surface area contributed by atoms with Crippen LogP contribution < -0.4 is 0 Å². The van der Waals surface area contributed by atoms with Crippen LogP contribution in [0, 0.1) is 11.8 Å². The van der Waals surface area contributed by atoms with Crippen molar-refractivity contribution in [1.29, 1.82) is 0 Å². The minimum Gasteiger partial charge on any atom is -0.462 e. The molecule has 0 radical (unpaired) electrons. The maximum atomic E-state index is 11.5. The second kappa shape index (κ2) is 4.47. The average molecular weight is 204 g/mol. The molecule has 0 amide bonds. The van der Waals surface area contributed by atoms with Gasteiger partial charge in [0.05, 0.1) is 12.2 Å². The lowest BCUT2D eigenvalue weighted by atomic mass is 9.77. The number of rotatable bonds is 3. The Kier molecular flexibility index (Phi) is 3.05. The zero-order valence-corrected chi connectivity index (χ0v) is 8.98. The highest BCUT2D eigenvalue weighted by Gasteiger charge is 2.26. The van der Waals surface area contributed by atoms with E-state index in [1.165, 1.54) is 12.8 Å². The van der Waals surface area contributed by atoms with Gasteiger partial charge in [0.15, 0.2) is 0 Å². The lowest BCUT2D eigenvalue weighted by Crippen LogP contribution is -2.26. The molecular formula is C13H16O2. The zero-order valence-electron chi connectivity index (χ0n) is 8.98. The molecule has 0 N–H and O–H groups in total. The second-order valence-electron chi connectivity index (χ2n) is 4.41. The van der Waals surface area contributed by atoms with Crippen LogP contribution in [0.15, 0.2) is 30.3 Å². The number of carbonyl (C=O) groups excluding carboxylic acids is 1. The molecule has 0 spiro atoms. The van der Waals surface area contributed by atoms with Gasteiger partial charge in [0.25, 0.3) is 0 Å². The number of esters is 1. The topological polar surface area (TPSA) is 26.3 Å². The molecule has 2 nitrogen and oxygen atoms in total. The van der Waals surface area contributed by atoms with Gasteiger partial charge in [-0.05, 0) is 36.8 Å². The van der Waals surface area contributed by atoms with Gasteiger partial charge in [0.2, 0.25) is 0 Å². The van der Waals surface area contributed by atoms with Gasteiger partial charge in [-0.25, -0.2) is 4.79 Å². The van der Waals surface area contributed by atoms with Crippen molar-refractivity contribution in [1.82, 2.24) is 0 Å². The van der Waals surface area contributed by atoms with Crippen molar-refractivity contribution in [2.45, 2.75) is 19.8 Å². The number of benzene rings is 1. The second-order valence-corrected chi connectivity index (χ2v) is 4.41. The predicted octanol–water partition coefficient (Wildman–Crippen LogP) is 2.89. The molecule has 1 aromatic carbocycles. The molecule has 0 saturated heterocycles. The highest BCUT2D eigenvalue weighted by atomic mass is 16.5. The van der Waals surface area contributed by atoms with Crippen molar-refractivity contribution in [3.63, 3.8) is 0 Å². The third-order valence-corrected chi connectivity index (χ3v) is 2.93. The standard InChI is InChI=1S/C13H16O2/c1-10-7-11(8-10)9-15-13(14)12-5-3-2-4-6-12/h2-6,10-11H,7-9H2,1H3. The minimum absolute atomic E-state index is 0.199. The van der Waals surface area contributed by atoms with Crippen molar-refractivity contribution < 1.29 is 9.53 Å². The fourth-order valence-corrected chi connectivity index (χ4v) is 2.06. The van der Waals surface area contributed by atoms with Crippen molar-refractivity contribution in [2.75, 3.05) is 6.61 Å². The third-order valence-electron chi connectivity index (χ3n) is 2.93. The maximum absolute atomic E-state index is 11.5. The Morgan fingerprint density at radius 3 is 2.60 bits per heavy atom. The molecule has 15 heavy (non-hydrogen) atoms. The van der Waals surface area contributed by atoms with Gasteiger partial charge in [-0.2, -0.15) is 0 Å². The maximum Gasteiger partial charge on any atom is 0.338 e. The highest BCUT2D eigenvalue weighted by molar-refractivity contribution is 5.89. The van der Waals surface area contributed by atoms with Crippen LogP contribution in [0.1, 0.15) is 30.1 Å². The molecule has 1 fully saturated rings. The van der Waals surface area contributed by atoms with Gasteiger partial charge in [0, 0.05) is 0 Å². The fourth-order valence-electron chi connectivity index (χ4n) is 2.06. The Morgan fingerprint density at radius 2 is 2.00 bits per heavy atom. The summed E-state index contributed by atoms with van der Waals surface area (Å²) in [6.45, 7) is 2.81. The molecule has 0 aliphatic heterocycles. The Labute approximate surface area is 90.3 Å². The molecule has 0 unspecified atom stereocenters. The van der Waals surface area contributed by atoms with E-state index in [1.54, 1.807) is 12.1 Å². The van der Waals surface area contributed by atoms with Crippen molar-refractivity contribution in [3.05, 3.63) is 35.9 Å². The summed E-state index contributed by atoms with van der Waals surface area (Å²) < 4.78 is 5.24. The van der Waals surface area contributed by atoms with Crippen molar-refractivity contribution >= 4 is 5.97 Å². The largest absolute Gasteiger partial charge is 0.462 e. The van der Waals surface area contributed by atoms with Gasteiger partial charge in [-0.3, -0.25) is 0 Å². The van der Waals surface area contributed by atoms with E-state index in [2.05, 4.69) is 6.92 Å². The van der Waals surface area contributed by atoms with Gasteiger partial charge < -0.3 is 4.74 Å². The number of hydrogen-bond donors (Lipinski definition) is 0. The molecule has 80 valence electrons. The van der Waals surface area contributed by atoms with E-state index in [-0.39, 0.29) is 5.97 Å². The van der Waals surface area contributed by atoms with Crippen LogP contribution in [0.2, 0.25) is 0 Å². The van der Waals surface area contributed by atoms with Gasteiger partial charge >= 0.3 is 5.97 Å². The molecule has 0 heterocycles. The van der Waals surface area contributed by atoms with Crippen LogP contribution in [0.5, 0.6) is 0 Å². The number of hydrogen-bond acceptors (Lipinski definition) is 2. The smallest absolute Gasteiger partial charge is 0.338 e. The van der Waals surface area contributed by atoms with Gasteiger partial charge in [-0.1, -0.05) is 25.1 Å². The van der Waals surface area contributed by atoms with Crippen LogP contribution in [-0.2, 0) is 4.74 Å². The molecule has 1 aliphatic rings. The summed E-state index contributed by atoms with van der Waals surface area (Å²) >= 11 is 0. The van der Waals surface area contributed by atoms with E-state index in [4.69, 9.17) is 4.74 Å². The molecule has 1 saturated carbocycles. The first-order chi connectivity index (χ1) is 7.25. The Balaban J connectivity index is 1.78. The first-order valence-corrected chi connectivity index (χ1v) is 5.48. The molecular weight excluding hydrogens is 188 g/mol. The van der Waals surface area contributed by atoms with Crippen LogP contribution in [0.3, 0.4) is 0 Å². The van der Waals surface area contributed by atoms with Gasteiger partial charge in [0.1, 0.15) is 0 Å².